The van der Waals surface area contributed by atoms with E-state index in [-0.39, 0.29) is 22.8 Å². The summed E-state index contributed by atoms with van der Waals surface area (Å²) >= 11 is 14.3. The molecule has 146 valence electrons. The molecule has 1 N–H and O–H groups in total. The van der Waals surface area contributed by atoms with Crippen molar-refractivity contribution >= 4 is 52.3 Å². The number of thioether (sulfide) groups is 1. The minimum Gasteiger partial charge on any atom is -0.548 e. The highest BCUT2D eigenvalue weighted by atomic mass is 35.5. The van der Waals surface area contributed by atoms with Crippen LogP contribution in [-0.2, 0) is 4.79 Å². The maximum atomic E-state index is 11.7. The zero-order chi connectivity index (χ0) is 20.0. The number of nitro groups is 1. The van der Waals surface area contributed by atoms with Gasteiger partial charge in [-0.25, -0.2) is 0 Å². The lowest BCUT2D eigenvalue weighted by Crippen LogP contribution is -2.49. The molecular formula is C19H15Cl2N2O4S-. The average Bonchev–Trinajstić information content (AvgIpc) is 2.98. The van der Waals surface area contributed by atoms with E-state index in [0.717, 1.165) is 5.56 Å². The molecule has 1 fully saturated rings. The Hall–Kier alpha value is -1.96. The minimum atomic E-state index is -1.18. The predicted octanol–water partition coefficient (Wildman–Crippen LogP) is 3.66. The first-order valence-corrected chi connectivity index (χ1v) is 10.4. The number of fused-ring (bicyclic) bond motifs is 3. The number of carbonyl (C=O) groups is 1. The van der Waals surface area contributed by atoms with Gasteiger partial charge in [-0.3, -0.25) is 10.1 Å². The number of rotatable bonds is 4. The third-order valence-corrected chi connectivity index (χ3v) is 7.72. The van der Waals surface area contributed by atoms with E-state index in [0.29, 0.717) is 22.0 Å². The van der Waals surface area contributed by atoms with Crippen LogP contribution in [0, 0.1) is 16.0 Å². The Kier molecular flexibility index (Phi) is 5.16. The number of carboxylic acids is 1. The molecule has 0 saturated heterocycles. The van der Waals surface area contributed by atoms with Crippen molar-refractivity contribution in [3.63, 3.8) is 0 Å². The molecule has 4 rings (SSSR count). The molecular weight excluding hydrogens is 423 g/mol. The molecule has 28 heavy (non-hydrogen) atoms. The van der Waals surface area contributed by atoms with Crippen LogP contribution in [-0.4, -0.2) is 27.6 Å². The molecule has 0 radical (unpaired) electrons. The Balaban J connectivity index is 1.70. The third kappa shape index (κ3) is 3.32. The topological polar surface area (TPSA) is 95.3 Å². The van der Waals surface area contributed by atoms with Crippen LogP contribution in [0.3, 0.4) is 0 Å². The number of hydrogen-bond acceptors (Lipinski definition) is 6. The lowest BCUT2D eigenvalue weighted by Gasteiger charge is -2.38. The number of benzene rings is 2. The van der Waals surface area contributed by atoms with Gasteiger partial charge in [-0.15, -0.1) is 23.4 Å². The van der Waals surface area contributed by atoms with Gasteiger partial charge in [-0.1, -0.05) is 23.7 Å². The third-order valence-electron chi connectivity index (χ3n) is 5.37. The second-order valence-corrected chi connectivity index (χ2v) is 9.14. The van der Waals surface area contributed by atoms with E-state index < -0.39 is 22.3 Å². The van der Waals surface area contributed by atoms with Crippen LogP contribution in [0.5, 0.6) is 0 Å². The van der Waals surface area contributed by atoms with Crippen LogP contribution >= 0.6 is 35.0 Å². The number of alkyl halides is 1. The number of para-hydroxylation sites is 1. The number of aliphatic carboxylic acids is 1. The van der Waals surface area contributed by atoms with Gasteiger partial charge < -0.3 is 15.2 Å². The summed E-state index contributed by atoms with van der Waals surface area (Å²) in [5, 5.41) is 26.1. The molecule has 1 heterocycles. The Morgan fingerprint density at radius 1 is 1.25 bits per heavy atom. The van der Waals surface area contributed by atoms with Gasteiger partial charge in [0.15, 0.2) is 0 Å². The van der Waals surface area contributed by atoms with Crippen LogP contribution in [0.15, 0.2) is 47.4 Å². The van der Waals surface area contributed by atoms with E-state index >= 15 is 0 Å². The zero-order valence-electron chi connectivity index (χ0n) is 14.4. The SMILES string of the molecule is O=C([O-])[C@H]1Nc2ccc(Cl)cc2[C@@H]2[C@H](Cl)[C@H](Sc3ccccc3[N+](=O)[O-])C[C@@H]21. The number of halogens is 2. The van der Waals surface area contributed by atoms with Crippen LogP contribution in [0.4, 0.5) is 11.4 Å². The molecule has 5 atom stereocenters. The number of nitro benzene ring substituents is 1. The standard InChI is InChI=1S/C19H16Cl2N2O4S/c20-9-5-6-12-10(7-9)16-11(18(22-12)19(24)25)8-15(17(16)21)28-14-4-2-1-3-13(14)23(26)27/h1-7,11,15-18,22H,8H2,(H,24,25)/p-1/t11-,15+,16-,17+,18-/m0/s1. The first-order chi connectivity index (χ1) is 13.4. The summed E-state index contributed by atoms with van der Waals surface area (Å²) in [6.45, 7) is 0. The van der Waals surface area contributed by atoms with E-state index in [1.54, 1.807) is 36.4 Å². The molecule has 0 bridgehead atoms. The highest BCUT2D eigenvalue weighted by Crippen LogP contribution is 2.55. The predicted molar refractivity (Wildman–Crippen MR) is 107 cm³/mol. The second kappa shape index (κ2) is 7.46. The summed E-state index contributed by atoms with van der Waals surface area (Å²) < 4.78 is 0. The number of carbonyl (C=O) groups excluding carboxylic acids is 1. The minimum absolute atomic E-state index is 0.0178. The summed E-state index contributed by atoms with van der Waals surface area (Å²) in [4.78, 5) is 23.2. The van der Waals surface area contributed by atoms with Gasteiger partial charge >= 0.3 is 0 Å². The largest absolute Gasteiger partial charge is 0.548 e. The van der Waals surface area contributed by atoms with Gasteiger partial charge in [-0.05, 0) is 42.2 Å². The summed E-state index contributed by atoms with van der Waals surface area (Å²) in [7, 11) is 0. The molecule has 6 nitrogen and oxygen atoms in total. The number of anilines is 1. The van der Waals surface area contributed by atoms with Gasteiger partial charge in [-0.2, -0.15) is 0 Å². The Morgan fingerprint density at radius 3 is 2.71 bits per heavy atom. The summed E-state index contributed by atoms with van der Waals surface area (Å²) in [6.07, 6.45) is 0.493. The monoisotopic (exact) mass is 437 g/mol. The van der Waals surface area contributed by atoms with Crippen LogP contribution in [0.1, 0.15) is 17.9 Å². The first-order valence-electron chi connectivity index (χ1n) is 8.68. The van der Waals surface area contributed by atoms with Crippen molar-refractivity contribution in [1.82, 2.24) is 0 Å². The fourth-order valence-corrected chi connectivity index (χ4v) is 6.32. The molecule has 1 aliphatic heterocycles. The van der Waals surface area contributed by atoms with Gasteiger partial charge in [0.05, 0.1) is 27.2 Å². The van der Waals surface area contributed by atoms with E-state index in [1.807, 2.05) is 0 Å². The fraction of sp³-hybridized carbons (Fsp3) is 0.316. The van der Waals surface area contributed by atoms with Crippen LogP contribution < -0.4 is 10.4 Å². The van der Waals surface area contributed by atoms with Gasteiger partial charge in [0.25, 0.3) is 5.69 Å². The van der Waals surface area contributed by atoms with Crippen molar-refractivity contribution < 1.29 is 14.8 Å². The van der Waals surface area contributed by atoms with E-state index in [9.17, 15) is 20.0 Å². The Labute approximate surface area is 175 Å². The molecule has 2 aromatic carbocycles. The quantitative estimate of drug-likeness (QED) is 0.445. The van der Waals surface area contributed by atoms with Crippen molar-refractivity contribution in [3.8, 4) is 0 Å². The first kappa shape index (κ1) is 19.4. The lowest BCUT2D eigenvalue weighted by atomic mass is 9.79. The average molecular weight is 438 g/mol. The smallest absolute Gasteiger partial charge is 0.282 e. The summed E-state index contributed by atoms with van der Waals surface area (Å²) in [6, 6.07) is 10.9. The lowest BCUT2D eigenvalue weighted by molar-refractivity contribution is -0.387. The van der Waals surface area contributed by atoms with Crippen molar-refractivity contribution in [2.45, 2.75) is 33.9 Å². The van der Waals surface area contributed by atoms with Crippen molar-refractivity contribution in [3.05, 3.63) is 63.2 Å². The van der Waals surface area contributed by atoms with Crippen LogP contribution in [0.25, 0.3) is 0 Å². The van der Waals surface area contributed by atoms with Crippen molar-refractivity contribution in [1.29, 1.82) is 0 Å². The highest BCUT2D eigenvalue weighted by Gasteiger charge is 2.50. The van der Waals surface area contributed by atoms with Crippen molar-refractivity contribution in [2.24, 2.45) is 5.92 Å². The Morgan fingerprint density at radius 2 is 2.00 bits per heavy atom. The molecule has 1 aliphatic carbocycles. The maximum absolute atomic E-state index is 11.7. The van der Waals surface area contributed by atoms with Crippen LogP contribution in [0.2, 0.25) is 5.02 Å². The number of carboxylic acid groups (broad SMARTS) is 1. The molecule has 2 aliphatic rings. The Bertz CT molecular complexity index is 957. The van der Waals surface area contributed by atoms with E-state index in [2.05, 4.69) is 5.32 Å². The summed E-state index contributed by atoms with van der Waals surface area (Å²) in [5.74, 6) is -1.71. The van der Waals surface area contributed by atoms with Gasteiger partial charge in [0.2, 0.25) is 0 Å². The molecule has 1 saturated carbocycles. The van der Waals surface area contributed by atoms with E-state index in [4.69, 9.17) is 23.2 Å². The molecule has 9 heteroatoms. The molecule has 0 amide bonds. The molecule has 2 aromatic rings. The maximum Gasteiger partial charge on any atom is 0.282 e. The van der Waals surface area contributed by atoms with Gasteiger partial charge in [0, 0.05) is 27.9 Å². The number of nitrogens with one attached hydrogen (secondary N) is 1. The molecule has 0 aromatic heterocycles. The molecule has 0 spiro atoms. The summed E-state index contributed by atoms with van der Waals surface area (Å²) in [5.41, 5.74) is 1.58. The van der Waals surface area contributed by atoms with E-state index in [1.165, 1.54) is 17.8 Å². The highest BCUT2D eigenvalue weighted by molar-refractivity contribution is 8.00. The van der Waals surface area contributed by atoms with Gasteiger partial charge in [0.1, 0.15) is 0 Å². The number of nitrogens with zero attached hydrogens (tertiary/aromatic N) is 1. The fourth-order valence-electron chi connectivity index (χ4n) is 4.19. The second-order valence-electron chi connectivity index (χ2n) is 6.92. The number of hydrogen-bond donors (Lipinski definition) is 1. The normalized spacial score (nSPS) is 28.1. The molecule has 0 unspecified atom stereocenters. The van der Waals surface area contributed by atoms with Crippen molar-refractivity contribution in [2.75, 3.05) is 5.32 Å². The zero-order valence-corrected chi connectivity index (χ0v) is 16.7.